The molecule has 0 radical (unpaired) electrons. The number of halogens is 3. The van der Waals surface area contributed by atoms with Crippen molar-refractivity contribution < 1.29 is 22.8 Å². The van der Waals surface area contributed by atoms with E-state index in [4.69, 9.17) is 0 Å². The predicted molar refractivity (Wildman–Crippen MR) is 103 cm³/mol. The first-order valence-corrected chi connectivity index (χ1v) is 8.69. The number of hydrazone groups is 1. The van der Waals surface area contributed by atoms with Gasteiger partial charge in [0, 0.05) is 22.2 Å². The van der Waals surface area contributed by atoms with Crippen molar-refractivity contribution in [1.29, 1.82) is 0 Å². The number of amides is 1. The molecule has 0 saturated carbocycles. The average Bonchev–Trinajstić information content (AvgIpc) is 2.98. The molecule has 5 nitrogen and oxygen atoms in total. The summed E-state index contributed by atoms with van der Waals surface area (Å²) in [6, 6.07) is 15.3. The summed E-state index contributed by atoms with van der Waals surface area (Å²) in [5, 5.41) is 8.26. The van der Waals surface area contributed by atoms with Crippen molar-refractivity contribution in [1.82, 2.24) is 5.43 Å². The van der Waals surface area contributed by atoms with Gasteiger partial charge in [0.1, 0.15) is 5.71 Å². The van der Waals surface area contributed by atoms with Crippen molar-refractivity contribution in [2.75, 3.05) is 11.9 Å². The van der Waals surface area contributed by atoms with Gasteiger partial charge in [0.05, 0.1) is 12.1 Å². The molecule has 3 aromatic rings. The molecular weight excluding hydrogens is 383 g/mol. The van der Waals surface area contributed by atoms with Gasteiger partial charge < -0.3 is 5.32 Å². The maximum atomic E-state index is 12.7. The maximum absolute atomic E-state index is 12.7. The van der Waals surface area contributed by atoms with Gasteiger partial charge in [0.25, 0.3) is 5.91 Å². The average molecular weight is 397 g/mol. The first-order chi connectivity index (χ1) is 13.8. The summed E-state index contributed by atoms with van der Waals surface area (Å²) in [5.41, 5.74) is 2.91. The second kappa shape index (κ2) is 7.05. The Kier molecular flexibility index (Phi) is 4.54. The van der Waals surface area contributed by atoms with Crippen LogP contribution in [0.5, 0.6) is 0 Å². The van der Waals surface area contributed by atoms with Crippen LogP contribution >= 0.6 is 0 Å². The van der Waals surface area contributed by atoms with E-state index in [0.29, 0.717) is 11.1 Å². The molecule has 29 heavy (non-hydrogen) atoms. The van der Waals surface area contributed by atoms with Gasteiger partial charge in [-0.2, -0.15) is 18.3 Å². The molecule has 0 aromatic heterocycles. The molecule has 0 atom stereocenters. The highest BCUT2D eigenvalue weighted by Crippen LogP contribution is 2.31. The van der Waals surface area contributed by atoms with Gasteiger partial charge in [-0.3, -0.25) is 9.59 Å². The third-order valence-corrected chi connectivity index (χ3v) is 4.55. The zero-order valence-electron chi connectivity index (χ0n) is 14.9. The zero-order chi connectivity index (χ0) is 20.6. The molecule has 146 valence electrons. The molecule has 4 rings (SSSR count). The van der Waals surface area contributed by atoms with E-state index >= 15 is 0 Å². The van der Waals surface area contributed by atoms with E-state index in [9.17, 15) is 22.8 Å². The zero-order valence-corrected chi connectivity index (χ0v) is 14.9. The summed E-state index contributed by atoms with van der Waals surface area (Å²) < 4.78 is 38.2. The summed E-state index contributed by atoms with van der Waals surface area (Å²) in [4.78, 5) is 24.7. The Labute approximate surface area is 163 Å². The monoisotopic (exact) mass is 397 g/mol. The van der Waals surface area contributed by atoms with Gasteiger partial charge in [-0.1, -0.05) is 42.5 Å². The number of hydrogen-bond acceptors (Lipinski definition) is 4. The molecule has 0 aliphatic heterocycles. The Morgan fingerprint density at radius 2 is 1.66 bits per heavy atom. The summed E-state index contributed by atoms with van der Waals surface area (Å²) in [6.45, 7) is -0.302. The SMILES string of the molecule is O=C(CNc1cccc(C(F)(F)F)c1)N/N=C1\C(=O)c2cccc3cccc1c23. The number of anilines is 1. The Hall–Kier alpha value is -3.68. The second-order valence-electron chi connectivity index (χ2n) is 6.47. The number of Topliss-reactive ketones (excluding diaryl/α,β-unsaturated/α-hetero) is 1. The topological polar surface area (TPSA) is 70.6 Å². The number of nitrogens with zero attached hydrogens (tertiary/aromatic N) is 1. The second-order valence-corrected chi connectivity index (χ2v) is 6.47. The molecule has 3 aromatic carbocycles. The van der Waals surface area contributed by atoms with E-state index in [1.54, 1.807) is 24.3 Å². The first kappa shape index (κ1) is 18.7. The van der Waals surface area contributed by atoms with E-state index in [1.807, 2.05) is 12.1 Å². The molecule has 1 aliphatic rings. The number of hydrogen-bond donors (Lipinski definition) is 2. The quantitative estimate of drug-likeness (QED) is 0.654. The molecule has 0 spiro atoms. The third kappa shape index (κ3) is 3.56. The minimum absolute atomic E-state index is 0.129. The Morgan fingerprint density at radius 1 is 0.966 bits per heavy atom. The van der Waals surface area contributed by atoms with Gasteiger partial charge in [-0.05, 0) is 23.6 Å². The highest BCUT2D eigenvalue weighted by atomic mass is 19.4. The standard InChI is InChI=1S/C21H14F3N3O2/c22-21(23,24)13-6-3-7-14(10-13)25-11-17(28)26-27-19-15-8-1-4-12-5-2-9-16(18(12)15)20(19)29/h1-10,25H,11H2,(H,26,28)/b27-19-. The molecule has 1 amide bonds. The molecule has 2 N–H and O–H groups in total. The fourth-order valence-corrected chi connectivity index (χ4v) is 3.23. The molecule has 8 heteroatoms. The smallest absolute Gasteiger partial charge is 0.376 e. The molecule has 0 saturated heterocycles. The number of benzene rings is 3. The Morgan fingerprint density at radius 3 is 2.38 bits per heavy atom. The van der Waals surface area contributed by atoms with Crippen molar-refractivity contribution in [3.63, 3.8) is 0 Å². The molecule has 0 heterocycles. The Bertz CT molecular complexity index is 1160. The van der Waals surface area contributed by atoms with Crippen LogP contribution in [-0.2, 0) is 11.0 Å². The highest BCUT2D eigenvalue weighted by molar-refractivity contribution is 6.59. The minimum atomic E-state index is -4.47. The molecule has 1 aliphatic carbocycles. The van der Waals surface area contributed by atoms with E-state index in [0.717, 1.165) is 22.9 Å². The van der Waals surface area contributed by atoms with Crippen molar-refractivity contribution in [2.24, 2.45) is 5.10 Å². The van der Waals surface area contributed by atoms with Gasteiger partial charge >= 0.3 is 6.18 Å². The van der Waals surface area contributed by atoms with Gasteiger partial charge in [0.15, 0.2) is 0 Å². The van der Waals surface area contributed by atoms with E-state index in [-0.39, 0.29) is 23.7 Å². The van der Waals surface area contributed by atoms with Crippen molar-refractivity contribution in [2.45, 2.75) is 6.18 Å². The van der Waals surface area contributed by atoms with Crippen LogP contribution in [0.2, 0.25) is 0 Å². The lowest BCUT2D eigenvalue weighted by atomic mass is 10.1. The van der Waals surface area contributed by atoms with Crippen LogP contribution in [-0.4, -0.2) is 23.9 Å². The number of carbonyl (C=O) groups is 2. The van der Waals surface area contributed by atoms with Crippen molar-refractivity contribution in [3.8, 4) is 0 Å². The highest BCUT2D eigenvalue weighted by Gasteiger charge is 2.30. The summed E-state index contributed by atoms with van der Waals surface area (Å²) in [6.07, 6.45) is -4.47. The van der Waals surface area contributed by atoms with Crippen molar-refractivity contribution in [3.05, 3.63) is 77.4 Å². The number of nitrogens with one attached hydrogen (secondary N) is 2. The van der Waals surface area contributed by atoms with Crippen LogP contribution in [0.15, 0.2) is 65.8 Å². The first-order valence-electron chi connectivity index (χ1n) is 8.69. The molecule has 0 bridgehead atoms. The number of ketones is 1. The van der Waals surface area contributed by atoms with E-state index in [1.165, 1.54) is 12.1 Å². The predicted octanol–water partition coefficient (Wildman–Crippen LogP) is 3.99. The van der Waals surface area contributed by atoms with Gasteiger partial charge in [-0.25, -0.2) is 5.43 Å². The fourth-order valence-electron chi connectivity index (χ4n) is 3.23. The lowest BCUT2D eigenvalue weighted by Gasteiger charge is -2.10. The summed E-state index contributed by atoms with van der Waals surface area (Å²) in [5.74, 6) is -0.881. The van der Waals surface area contributed by atoms with Crippen LogP contribution in [0.3, 0.4) is 0 Å². The largest absolute Gasteiger partial charge is 0.416 e. The Balaban J connectivity index is 1.46. The summed E-state index contributed by atoms with van der Waals surface area (Å²) >= 11 is 0. The van der Waals surface area contributed by atoms with Crippen LogP contribution in [0, 0.1) is 0 Å². The molecule has 0 fully saturated rings. The lowest BCUT2D eigenvalue weighted by Crippen LogP contribution is -2.28. The van der Waals surface area contributed by atoms with Crippen LogP contribution in [0.4, 0.5) is 18.9 Å². The minimum Gasteiger partial charge on any atom is -0.376 e. The van der Waals surface area contributed by atoms with E-state index < -0.39 is 17.6 Å². The van der Waals surface area contributed by atoms with Crippen LogP contribution in [0.1, 0.15) is 21.5 Å². The van der Waals surface area contributed by atoms with Crippen LogP contribution in [0.25, 0.3) is 10.8 Å². The number of rotatable bonds is 4. The number of alkyl halides is 3. The third-order valence-electron chi connectivity index (χ3n) is 4.55. The lowest BCUT2D eigenvalue weighted by molar-refractivity contribution is -0.137. The normalized spacial score (nSPS) is 14.4. The van der Waals surface area contributed by atoms with E-state index in [2.05, 4.69) is 15.8 Å². The number of carbonyl (C=O) groups excluding carboxylic acids is 2. The maximum Gasteiger partial charge on any atom is 0.416 e. The van der Waals surface area contributed by atoms with Gasteiger partial charge in [-0.15, -0.1) is 0 Å². The fraction of sp³-hybridized carbons (Fsp3) is 0.0952. The van der Waals surface area contributed by atoms with Crippen LogP contribution < -0.4 is 10.7 Å². The van der Waals surface area contributed by atoms with Crippen molar-refractivity contribution >= 4 is 33.9 Å². The molecule has 0 unspecified atom stereocenters. The molecular formula is C21H14F3N3O2. The summed E-state index contributed by atoms with van der Waals surface area (Å²) in [7, 11) is 0. The van der Waals surface area contributed by atoms with Gasteiger partial charge in [0.2, 0.25) is 5.78 Å².